The minimum Gasteiger partial charge on any atom is -0.0622 e. The predicted molar refractivity (Wildman–Crippen MR) is 237 cm³/mol. The van der Waals surface area contributed by atoms with Crippen molar-refractivity contribution in [2.24, 2.45) is 0 Å². The van der Waals surface area contributed by atoms with Crippen molar-refractivity contribution >= 4 is 21.5 Å². The highest BCUT2D eigenvalue weighted by Crippen LogP contribution is 2.60. The fraction of sp³-hybridized carbons (Fsp3) is 0.200. The number of fused-ring (bicyclic) bond motifs is 7. The molecule has 2 aliphatic rings. The van der Waals surface area contributed by atoms with Gasteiger partial charge in [0.2, 0.25) is 0 Å². The summed E-state index contributed by atoms with van der Waals surface area (Å²) in [6.45, 7) is 18.9. The van der Waals surface area contributed by atoms with E-state index in [2.05, 4.69) is 201 Å². The Bertz CT molecular complexity index is 2780. The van der Waals surface area contributed by atoms with Gasteiger partial charge in [0.05, 0.1) is 0 Å². The summed E-state index contributed by atoms with van der Waals surface area (Å²) < 4.78 is 0. The molecule has 2 aliphatic carbocycles. The summed E-state index contributed by atoms with van der Waals surface area (Å²) in [5.41, 5.74) is 21.5. The van der Waals surface area contributed by atoms with E-state index < -0.39 is 0 Å². The number of hydrogen-bond acceptors (Lipinski definition) is 0. The van der Waals surface area contributed by atoms with E-state index in [1.54, 1.807) is 0 Å². The molecule has 0 aliphatic heterocycles. The number of rotatable bonds is 3. The van der Waals surface area contributed by atoms with Crippen LogP contribution in [0.2, 0.25) is 0 Å². The predicted octanol–water partition coefficient (Wildman–Crippen LogP) is 15.5. The van der Waals surface area contributed by atoms with Crippen molar-refractivity contribution in [2.45, 2.75) is 71.6 Å². The van der Waals surface area contributed by atoms with Crippen LogP contribution in [0.1, 0.15) is 77.6 Å². The molecule has 0 unspecified atom stereocenters. The molecular formula is C55H48. The van der Waals surface area contributed by atoms with Crippen molar-refractivity contribution < 1.29 is 0 Å². The van der Waals surface area contributed by atoms with Gasteiger partial charge in [-0.1, -0.05) is 195 Å². The van der Waals surface area contributed by atoms with Crippen molar-refractivity contribution in [1.29, 1.82) is 0 Å². The molecule has 55 heavy (non-hydrogen) atoms. The van der Waals surface area contributed by atoms with Gasteiger partial charge in [-0.2, -0.15) is 0 Å². The minimum absolute atomic E-state index is 0.00835. The standard InChI is InChI=1S/C55H48/c1-53(2,3)35-26-27-41-45(31-35)55(7,8)46-32-36(54(4,5)6)30-44(50(41)46)37-28-29-43-49-38(37)24-17-25-42(49)51-47(33-18-11-9-12-19-33)39-22-15-16-23-40(39)48(52(43)51)34-20-13-10-14-21-34/h9-32H,1-8H3. The SMILES string of the molecule is CC(C)(C)c1ccc2c(c1)C(C)(C)c1cc(C(C)(C)C)cc(-c3ccc4c5c(cccc35)-c3c-4c(-c4ccccc4)c4ccccc4c3-c3ccccc3)c1-2. The molecule has 0 nitrogen and oxygen atoms in total. The highest BCUT2D eigenvalue weighted by molar-refractivity contribution is 6.29. The lowest BCUT2D eigenvalue weighted by Crippen LogP contribution is -2.19. The summed E-state index contributed by atoms with van der Waals surface area (Å²) in [6, 6.07) is 55.4. The van der Waals surface area contributed by atoms with Crippen LogP contribution in [-0.4, -0.2) is 0 Å². The van der Waals surface area contributed by atoms with Crippen LogP contribution < -0.4 is 0 Å². The third-order valence-electron chi connectivity index (χ3n) is 12.7. The molecular weight excluding hydrogens is 661 g/mol. The molecule has 0 spiro atoms. The largest absolute Gasteiger partial charge is 0.0622 e. The molecule has 0 amide bonds. The zero-order valence-corrected chi connectivity index (χ0v) is 33.4. The zero-order chi connectivity index (χ0) is 38.0. The first-order valence-electron chi connectivity index (χ1n) is 19.9. The number of benzene rings is 8. The van der Waals surface area contributed by atoms with E-state index in [1.807, 2.05) is 0 Å². The van der Waals surface area contributed by atoms with Crippen molar-refractivity contribution in [2.75, 3.05) is 0 Å². The van der Waals surface area contributed by atoms with Gasteiger partial charge in [0.25, 0.3) is 0 Å². The highest BCUT2D eigenvalue weighted by Gasteiger charge is 2.40. The van der Waals surface area contributed by atoms with Crippen molar-refractivity contribution in [1.82, 2.24) is 0 Å². The van der Waals surface area contributed by atoms with Crippen LogP contribution in [0.4, 0.5) is 0 Å². The van der Waals surface area contributed by atoms with Crippen LogP contribution in [0.3, 0.4) is 0 Å². The number of hydrogen-bond donors (Lipinski definition) is 0. The Morgan fingerprint density at radius 2 is 0.836 bits per heavy atom. The summed E-state index contributed by atoms with van der Waals surface area (Å²) in [5, 5.41) is 5.26. The van der Waals surface area contributed by atoms with Crippen LogP contribution >= 0.6 is 0 Å². The molecule has 0 heteroatoms. The maximum atomic E-state index is 2.52. The van der Waals surface area contributed by atoms with E-state index in [1.165, 1.54) is 111 Å². The van der Waals surface area contributed by atoms with Gasteiger partial charge in [-0.3, -0.25) is 0 Å². The maximum absolute atomic E-state index is 2.52. The Morgan fingerprint density at radius 1 is 0.345 bits per heavy atom. The molecule has 0 atom stereocenters. The lowest BCUT2D eigenvalue weighted by atomic mass is 9.76. The summed E-state index contributed by atoms with van der Waals surface area (Å²) in [5.74, 6) is 0. The average molecular weight is 709 g/mol. The van der Waals surface area contributed by atoms with Gasteiger partial charge in [0.15, 0.2) is 0 Å². The van der Waals surface area contributed by atoms with E-state index in [9.17, 15) is 0 Å². The summed E-state index contributed by atoms with van der Waals surface area (Å²) in [4.78, 5) is 0. The normalized spacial score (nSPS) is 14.0. The highest BCUT2D eigenvalue weighted by atomic mass is 14.4. The molecule has 268 valence electrons. The lowest BCUT2D eigenvalue weighted by Gasteiger charge is -2.27. The third kappa shape index (κ3) is 4.90. The Kier molecular flexibility index (Phi) is 7.16. The first-order chi connectivity index (χ1) is 26.3. The van der Waals surface area contributed by atoms with Gasteiger partial charge in [-0.15, -0.1) is 0 Å². The molecule has 0 bridgehead atoms. The quantitative estimate of drug-likeness (QED) is 0.171. The van der Waals surface area contributed by atoms with Crippen LogP contribution in [0.25, 0.3) is 88.3 Å². The molecule has 8 aromatic carbocycles. The van der Waals surface area contributed by atoms with Crippen LogP contribution in [0.5, 0.6) is 0 Å². The Labute approximate surface area is 326 Å². The minimum atomic E-state index is -0.123. The fourth-order valence-electron chi connectivity index (χ4n) is 9.81. The molecule has 0 N–H and O–H groups in total. The van der Waals surface area contributed by atoms with Crippen molar-refractivity contribution in [3.8, 4) is 66.8 Å². The topological polar surface area (TPSA) is 0 Å². The van der Waals surface area contributed by atoms with Crippen LogP contribution in [-0.2, 0) is 16.2 Å². The van der Waals surface area contributed by atoms with Gasteiger partial charge in [-0.05, 0) is 127 Å². The summed E-state index contributed by atoms with van der Waals surface area (Å²) in [6.07, 6.45) is 0. The molecule has 10 rings (SSSR count). The Hall–Kier alpha value is -5.72. The zero-order valence-electron chi connectivity index (χ0n) is 33.4. The first-order valence-corrected chi connectivity index (χ1v) is 19.9. The van der Waals surface area contributed by atoms with Gasteiger partial charge in [0, 0.05) is 5.41 Å². The van der Waals surface area contributed by atoms with E-state index in [4.69, 9.17) is 0 Å². The third-order valence-corrected chi connectivity index (χ3v) is 12.7. The second-order valence-corrected chi connectivity index (χ2v) is 18.5. The second-order valence-electron chi connectivity index (χ2n) is 18.5. The smallest absolute Gasteiger partial charge is 0.0159 e. The maximum Gasteiger partial charge on any atom is 0.0159 e. The van der Waals surface area contributed by atoms with Gasteiger partial charge >= 0.3 is 0 Å². The van der Waals surface area contributed by atoms with Crippen molar-refractivity contribution in [3.05, 3.63) is 168 Å². The molecule has 0 saturated heterocycles. The molecule has 0 fully saturated rings. The molecule has 8 aromatic rings. The molecule has 0 heterocycles. The lowest BCUT2D eigenvalue weighted by molar-refractivity contribution is 0.580. The molecule has 0 saturated carbocycles. The fourth-order valence-corrected chi connectivity index (χ4v) is 9.81. The van der Waals surface area contributed by atoms with E-state index in [0.717, 1.165) is 0 Å². The first kappa shape index (κ1) is 33.8. The summed E-state index contributed by atoms with van der Waals surface area (Å²) >= 11 is 0. The van der Waals surface area contributed by atoms with Crippen LogP contribution in [0, 0.1) is 0 Å². The second kappa shape index (κ2) is 11.6. The van der Waals surface area contributed by atoms with E-state index >= 15 is 0 Å². The molecule has 0 aromatic heterocycles. The van der Waals surface area contributed by atoms with Crippen LogP contribution in [0.15, 0.2) is 146 Å². The van der Waals surface area contributed by atoms with E-state index in [-0.39, 0.29) is 16.2 Å². The van der Waals surface area contributed by atoms with Gasteiger partial charge in [0.1, 0.15) is 0 Å². The monoisotopic (exact) mass is 708 g/mol. The van der Waals surface area contributed by atoms with Gasteiger partial charge in [-0.25, -0.2) is 0 Å². The van der Waals surface area contributed by atoms with Crippen molar-refractivity contribution in [3.63, 3.8) is 0 Å². The van der Waals surface area contributed by atoms with Gasteiger partial charge < -0.3 is 0 Å². The average Bonchev–Trinajstić information content (AvgIpc) is 3.62. The summed E-state index contributed by atoms with van der Waals surface area (Å²) in [7, 11) is 0. The molecule has 0 radical (unpaired) electrons. The Balaban J connectivity index is 1.32. The van der Waals surface area contributed by atoms with E-state index in [0.29, 0.717) is 0 Å². The Morgan fingerprint density at radius 3 is 1.42 bits per heavy atom.